The fourth-order valence-corrected chi connectivity index (χ4v) is 1.98. The molecule has 2 bridgehead atoms. The number of hydrogen-bond acceptors (Lipinski definition) is 1. The molecule has 3 atom stereocenters. The van der Waals surface area contributed by atoms with Crippen molar-refractivity contribution in [3.63, 3.8) is 0 Å². The van der Waals surface area contributed by atoms with Crippen molar-refractivity contribution >= 4 is 6.29 Å². The molecule has 0 radical (unpaired) electrons. The molecule has 0 aromatic carbocycles. The van der Waals surface area contributed by atoms with Crippen molar-refractivity contribution in [2.75, 3.05) is 0 Å². The standard InChI is InChI=1S/C8H10O/c9-5-8-4-6-1-2-7(8)3-6/h1-2,5-8H,3-4H2/t6-,7+,8?/m0/s1. The van der Waals surface area contributed by atoms with Crippen LogP contribution in [0.4, 0.5) is 0 Å². The van der Waals surface area contributed by atoms with Crippen molar-refractivity contribution in [1.29, 1.82) is 0 Å². The third-order valence-electron chi connectivity index (χ3n) is 2.51. The average Bonchev–Trinajstić information content (AvgIpc) is 2.45. The molecule has 0 aromatic heterocycles. The van der Waals surface area contributed by atoms with Crippen LogP contribution in [0.2, 0.25) is 0 Å². The fourth-order valence-electron chi connectivity index (χ4n) is 1.98. The van der Waals surface area contributed by atoms with Crippen molar-refractivity contribution < 1.29 is 4.79 Å². The van der Waals surface area contributed by atoms with E-state index >= 15 is 0 Å². The molecule has 0 spiro atoms. The molecule has 1 heteroatoms. The minimum absolute atomic E-state index is 0.361. The molecule has 0 aliphatic heterocycles. The van der Waals surface area contributed by atoms with Crippen LogP contribution >= 0.6 is 0 Å². The Balaban J connectivity index is 2.19. The van der Waals surface area contributed by atoms with E-state index in [1.807, 2.05) is 0 Å². The van der Waals surface area contributed by atoms with Crippen LogP contribution in [0.25, 0.3) is 0 Å². The lowest BCUT2D eigenvalue weighted by Crippen LogP contribution is -2.07. The third kappa shape index (κ3) is 0.640. The van der Waals surface area contributed by atoms with E-state index in [0.29, 0.717) is 11.8 Å². The highest BCUT2D eigenvalue weighted by Gasteiger charge is 2.34. The van der Waals surface area contributed by atoms with Crippen molar-refractivity contribution in [3.05, 3.63) is 12.2 Å². The summed E-state index contributed by atoms with van der Waals surface area (Å²) >= 11 is 0. The van der Waals surface area contributed by atoms with Crippen LogP contribution < -0.4 is 0 Å². The van der Waals surface area contributed by atoms with Crippen molar-refractivity contribution in [1.82, 2.24) is 0 Å². The van der Waals surface area contributed by atoms with Crippen LogP contribution in [0.3, 0.4) is 0 Å². The van der Waals surface area contributed by atoms with Gasteiger partial charge in [0, 0.05) is 5.92 Å². The van der Waals surface area contributed by atoms with Gasteiger partial charge < -0.3 is 4.79 Å². The van der Waals surface area contributed by atoms with Crippen LogP contribution in [-0.4, -0.2) is 6.29 Å². The summed E-state index contributed by atoms with van der Waals surface area (Å²) in [4.78, 5) is 10.4. The summed E-state index contributed by atoms with van der Waals surface area (Å²) in [6, 6.07) is 0. The van der Waals surface area contributed by atoms with Gasteiger partial charge >= 0.3 is 0 Å². The fraction of sp³-hybridized carbons (Fsp3) is 0.625. The Morgan fingerprint density at radius 1 is 1.33 bits per heavy atom. The Morgan fingerprint density at radius 3 is 2.56 bits per heavy atom. The highest BCUT2D eigenvalue weighted by Crippen LogP contribution is 2.42. The first-order chi connectivity index (χ1) is 4.40. The van der Waals surface area contributed by atoms with Gasteiger partial charge in [-0.05, 0) is 24.7 Å². The smallest absolute Gasteiger partial charge is 0.123 e. The van der Waals surface area contributed by atoms with Gasteiger partial charge in [-0.2, -0.15) is 0 Å². The molecule has 2 aliphatic rings. The Hall–Kier alpha value is -0.590. The Morgan fingerprint density at radius 2 is 2.22 bits per heavy atom. The van der Waals surface area contributed by atoms with Crippen LogP contribution in [0.5, 0.6) is 0 Å². The Labute approximate surface area is 54.8 Å². The molecular weight excluding hydrogens is 112 g/mol. The van der Waals surface area contributed by atoms with E-state index in [4.69, 9.17) is 0 Å². The molecule has 9 heavy (non-hydrogen) atoms. The summed E-state index contributed by atoms with van der Waals surface area (Å²) in [7, 11) is 0. The van der Waals surface area contributed by atoms with E-state index in [1.54, 1.807) is 0 Å². The van der Waals surface area contributed by atoms with Gasteiger partial charge in [0.05, 0.1) is 0 Å². The summed E-state index contributed by atoms with van der Waals surface area (Å²) in [5.74, 6) is 1.71. The van der Waals surface area contributed by atoms with E-state index < -0.39 is 0 Å². The number of rotatable bonds is 1. The molecule has 0 saturated heterocycles. The number of carbonyl (C=O) groups excluding carboxylic acids is 1. The van der Waals surface area contributed by atoms with Gasteiger partial charge in [-0.1, -0.05) is 12.2 Å². The van der Waals surface area contributed by atoms with Gasteiger partial charge in [0.2, 0.25) is 0 Å². The van der Waals surface area contributed by atoms with Crippen molar-refractivity contribution in [3.8, 4) is 0 Å². The van der Waals surface area contributed by atoms with E-state index in [0.717, 1.165) is 18.6 Å². The lowest BCUT2D eigenvalue weighted by molar-refractivity contribution is -0.111. The van der Waals surface area contributed by atoms with Crippen LogP contribution in [0.1, 0.15) is 12.8 Å². The van der Waals surface area contributed by atoms with Gasteiger partial charge in [0.15, 0.2) is 0 Å². The molecule has 48 valence electrons. The zero-order valence-electron chi connectivity index (χ0n) is 5.29. The van der Waals surface area contributed by atoms with Gasteiger partial charge in [-0.25, -0.2) is 0 Å². The zero-order chi connectivity index (χ0) is 6.27. The maximum Gasteiger partial charge on any atom is 0.123 e. The normalized spacial score (nSPS) is 46.0. The number of fused-ring (bicyclic) bond motifs is 2. The molecule has 2 rings (SSSR count). The summed E-state index contributed by atoms with van der Waals surface area (Å²) in [5.41, 5.74) is 0. The molecular formula is C8H10O. The molecule has 1 nitrogen and oxygen atoms in total. The van der Waals surface area contributed by atoms with Crippen LogP contribution in [-0.2, 0) is 4.79 Å². The topological polar surface area (TPSA) is 17.1 Å². The number of aldehydes is 1. The molecule has 2 aliphatic carbocycles. The lowest BCUT2D eigenvalue weighted by Gasteiger charge is -2.08. The highest BCUT2D eigenvalue weighted by molar-refractivity contribution is 5.56. The Kier molecular flexibility index (Phi) is 0.981. The SMILES string of the molecule is O=CC1C[C@H]2C=C[C@@H]1C2. The van der Waals surface area contributed by atoms with E-state index in [1.165, 1.54) is 6.42 Å². The lowest BCUT2D eigenvalue weighted by atomic mass is 9.95. The van der Waals surface area contributed by atoms with Gasteiger partial charge in [-0.3, -0.25) is 0 Å². The monoisotopic (exact) mass is 122 g/mol. The summed E-state index contributed by atoms with van der Waals surface area (Å²) < 4.78 is 0. The number of carbonyl (C=O) groups is 1. The van der Waals surface area contributed by atoms with Gasteiger partial charge in [0.25, 0.3) is 0 Å². The predicted octanol–water partition coefficient (Wildman–Crippen LogP) is 1.40. The maximum absolute atomic E-state index is 10.4. The molecule has 1 fully saturated rings. The Bertz CT molecular complexity index is 160. The second-order valence-corrected chi connectivity index (χ2v) is 3.08. The van der Waals surface area contributed by atoms with Gasteiger partial charge in [-0.15, -0.1) is 0 Å². The first-order valence-electron chi connectivity index (χ1n) is 3.54. The maximum atomic E-state index is 10.4. The van der Waals surface area contributed by atoms with Crippen molar-refractivity contribution in [2.24, 2.45) is 17.8 Å². The summed E-state index contributed by atoms with van der Waals surface area (Å²) in [5, 5.41) is 0. The molecule has 1 saturated carbocycles. The number of allylic oxidation sites excluding steroid dienone is 2. The molecule has 0 heterocycles. The van der Waals surface area contributed by atoms with Gasteiger partial charge in [0.1, 0.15) is 6.29 Å². The quantitative estimate of drug-likeness (QED) is 0.379. The molecule has 1 unspecified atom stereocenters. The van der Waals surface area contributed by atoms with Crippen LogP contribution in [0, 0.1) is 17.8 Å². The summed E-state index contributed by atoms with van der Waals surface area (Å²) in [6.07, 6.45) is 7.93. The second kappa shape index (κ2) is 1.69. The highest BCUT2D eigenvalue weighted by atomic mass is 16.1. The first-order valence-corrected chi connectivity index (χ1v) is 3.54. The summed E-state index contributed by atoms with van der Waals surface area (Å²) in [6.45, 7) is 0. The molecule has 0 aromatic rings. The van der Waals surface area contributed by atoms with Crippen LogP contribution in [0.15, 0.2) is 12.2 Å². The minimum Gasteiger partial charge on any atom is -0.303 e. The zero-order valence-corrected chi connectivity index (χ0v) is 5.29. The number of hydrogen-bond donors (Lipinski definition) is 0. The predicted molar refractivity (Wildman–Crippen MR) is 34.9 cm³/mol. The van der Waals surface area contributed by atoms with E-state index in [-0.39, 0.29) is 0 Å². The molecule has 0 amide bonds. The van der Waals surface area contributed by atoms with Crippen molar-refractivity contribution in [2.45, 2.75) is 12.8 Å². The largest absolute Gasteiger partial charge is 0.303 e. The minimum atomic E-state index is 0.361. The van der Waals surface area contributed by atoms with E-state index in [9.17, 15) is 4.79 Å². The third-order valence-corrected chi connectivity index (χ3v) is 2.51. The second-order valence-electron chi connectivity index (χ2n) is 3.08. The molecule has 0 N–H and O–H groups in total. The first kappa shape index (κ1) is 5.21. The average molecular weight is 122 g/mol. The van der Waals surface area contributed by atoms with E-state index in [2.05, 4.69) is 12.2 Å².